The number of fused-ring (bicyclic) bond motifs is 1. The van der Waals surface area contributed by atoms with E-state index in [-0.39, 0.29) is 30.9 Å². The Labute approximate surface area is 141 Å². The molecule has 0 fully saturated rings. The van der Waals surface area contributed by atoms with Gasteiger partial charge in [-0.2, -0.15) is 0 Å². The van der Waals surface area contributed by atoms with Crippen molar-refractivity contribution >= 4 is 18.0 Å². The van der Waals surface area contributed by atoms with E-state index in [0.717, 1.165) is 16.7 Å². The second-order valence-electron chi connectivity index (χ2n) is 5.74. The van der Waals surface area contributed by atoms with Gasteiger partial charge in [0.15, 0.2) is 0 Å². The fraction of sp³-hybridized carbons (Fsp3) is 0.200. The Hall–Kier alpha value is -2.88. The maximum atomic E-state index is 12.3. The Morgan fingerprint density at radius 1 is 1.04 bits per heavy atom. The normalized spacial score (nSPS) is 15.7. The van der Waals surface area contributed by atoms with Crippen molar-refractivity contribution in [1.29, 1.82) is 0 Å². The van der Waals surface area contributed by atoms with E-state index in [1.807, 2.05) is 60.7 Å². The molecule has 122 valence electrons. The standard InChI is InChI=1S/C20H19NO3/c1-15(22)21-12-11-17-9-5-6-10-18(17)19(21)13-20(23)24-14-16-7-3-2-4-8-16/h2-12,19H,13-14H2,1H3/t19-/m1/s1. The van der Waals surface area contributed by atoms with Gasteiger partial charge in [-0.05, 0) is 22.8 Å². The Bertz CT molecular complexity index is 767. The molecule has 0 saturated heterocycles. The molecule has 24 heavy (non-hydrogen) atoms. The van der Waals surface area contributed by atoms with Gasteiger partial charge in [0.1, 0.15) is 6.61 Å². The molecule has 2 aromatic carbocycles. The summed E-state index contributed by atoms with van der Waals surface area (Å²) in [6, 6.07) is 17.0. The highest BCUT2D eigenvalue weighted by Crippen LogP contribution is 2.33. The van der Waals surface area contributed by atoms with Crippen molar-refractivity contribution in [2.45, 2.75) is 26.0 Å². The van der Waals surface area contributed by atoms with Gasteiger partial charge >= 0.3 is 5.97 Å². The van der Waals surface area contributed by atoms with E-state index in [2.05, 4.69) is 0 Å². The molecule has 0 radical (unpaired) electrons. The second kappa shape index (κ2) is 7.13. The first-order chi connectivity index (χ1) is 11.6. The van der Waals surface area contributed by atoms with E-state index in [1.54, 1.807) is 11.1 Å². The number of hydrogen-bond acceptors (Lipinski definition) is 3. The van der Waals surface area contributed by atoms with Crippen molar-refractivity contribution in [3.05, 3.63) is 77.5 Å². The van der Waals surface area contributed by atoms with Gasteiger partial charge in [-0.3, -0.25) is 9.59 Å². The van der Waals surface area contributed by atoms with E-state index < -0.39 is 0 Å². The van der Waals surface area contributed by atoms with Crippen LogP contribution in [0.3, 0.4) is 0 Å². The average Bonchev–Trinajstić information content (AvgIpc) is 2.61. The lowest BCUT2D eigenvalue weighted by Crippen LogP contribution is -2.32. The molecule has 0 aliphatic carbocycles. The SMILES string of the molecule is CC(=O)N1C=Cc2ccccc2[C@H]1CC(=O)OCc1ccccc1. The first kappa shape index (κ1) is 16.0. The van der Waals surface area contributed by atoms with Gasteiger partial charge in [0.05, 0.1) is 12.5 Å². The summed E-state index contributed by atoms with van der Waals surface area (Å²) in [5, 5.41) is 0. The molecular formula is C20H19NO3. The summed E-state index contributed by atoms with van der Waals surface area (Å²) in [5.74, 6) is -0.415. The zero-order valence-electron chi connectivity index (χ0n) is 13.5. The van der Waals surface area contributed by atoms with Crippen LogP contribution in [0, 0.1) is 0 Å². The minimum absolute atomic E-state index is 0.0957. The molecule has 0 bridgehead atoms. The van der Waals surface area contributed by atoms with Crippen LogP contribution in [0.4, 0.5) is 0 Å². The highest BCUT2D eigenvalue weighted by Gasteiger charge is 2.28. The summed E-state index contributed by atoms with van der Waals surface area (Å²) in [6.45, 7) is 1.74. The van der Waals surface area contributed by atoms with Crippen LogP contribution in [0.2, 0.25) is 0 Å². The molecule has 1 aliphatic heterocycles. The van der Waals surface area contributed by atoms with Crippen LogP contribution in [-0.4, -0.2) is 16.8 Å². The summed E-state index contributed by atoms with van der Waals surface area (Å²) in [5.41, 5.74) is 2.93. The van der Waals surface area contributed by atoms with Crippen LogP contribution in [0.5, 0.6) is 0 Å². The maximum absolute atomic E-state index is 12.3. The minimum atomic E-state index is -0.327. The second-order valence-corrected chi connectivity index (χ2v) is 5.74. The minimum Gasteiger partial charge on any atom is -0.461 e. The average molecular weight is 321 g/mol. The smallest absolute Gasteiger partial charge is 0.308 e. The van der Waals surface area contributed by atoms with Crippen molar-refractivity contribution in [2.75, 3.05) is 0 Å². The van der Waals surface area contributed by atoms with Crippen molar-refractivity contribution in [1.82, 2.24) is 4.90 Å². The topological polar surface area (TPSA) is 46.6 Å². The van der Waals surface area contributed by atoms with Gasteiger partial charge < -0.3 is 9.64 Å². The number of hydrogen-bond donors (Lipinski definition) is 0. The molecule has 0 N–H and O–H groups in total. The van der Waals surface area contributed by atoms with Gasteiger partial charge in [-0.1, -0.05) is 54.6 Å². The number of carbonyl (C=O) groups is 2. The van der Waals surface area contributed by atoms with E-state index in [1.165, 1.54) is 6.92 Å². The fourth-order valence-electron chi connectivity index (χ4n) is 2.87. The van der Waals surface area contributed by atoms with Crippen molar-refractivity contribution in [3.63, 3.8) is 0 Å². The third-order valence-electron chi connectivity index (χ3n) is 4.07. The summed E-state index contributed by atoms with van der Waals surface area (Å²) < 4.78 is 5.37. The van der Waals surface area contributed by atoms with Crippen LogP contribution in [-0.2, 0) is 20.9 Å². The lowest BCUT2D eigenvalue weighted by Gasteiger charge is -2.32. The number of carbonyl (C=O) groups excluding carboxylic acids is 2. The van der Waals surface area contributed by atoms with Gasteiger partial charge in [-0.15, -0.1) is 0 Å². The molecular weight excluding hydrogens is 302 g/mol. The van der Waals surface area contributed by atoms with Crippen LogP contribution in [0.25, 0.3) is 6.08 Å². The first-order valence-corrected chi connectivity index (χ1v) is 7.91. The van der Waals surface area contributed by atoms with Gasteiger partial charge in [-0.25, -0.2) is 0 Å². The number of ether oxygens (including phenoxy) is 1. The van der Waals surface area contributed by atoms with Gasteiger partial charge in [0.25, 0.3) is 0 Å². The third-order valence-corrected chi connectivity index (χ3v) is 4.07. The molecule has 0 spiro atoms. The van der Waals surface area contributed by atoms with Gasteiger partial charge in [0, 0.05) is 13.1 Å². The molecule has 4 heteroatoms. The fourth-order valence-corrected chi connectivity index (χ4v) is 2.87. The third kappa shape index (κ3) is 3.54. The highest BCUT2D eigenvalue weighted by atomic mass is 16.5. The lowest BCUT2D eigenvalue weighted by atomic mass is 9.94. The van der Waals surface area contributed by atoms with E-state index in [9.17, 15) is 9.59 Å². The summed E-state index contributed by atoms with van der Waals surface area (Å²) in [4.78, 5) is 25.8. The summed E-state index contributed by atoms with van der Waals surface area (Å²) in [6.07, 6.45) is 3.76. The Morgan fingerprint density at radius 3 is 2.50 bits per heavy atom. The van der Waals surface area contributed by atoms with E-state index >= 15 is 0 Å². The molecule has 3 rings (SSSR count). The lowest BCUT2D eigenvalue weighted by molar-refractivity contribution is -0.146. The molecule has 0 unspecified atom stereocenters. The van der Waals surface area contributed by atoms with Crippen molar-refractivity contribution < 1.29 is 14.3 Å². The molecule has 1 atom stereocenters. The van der Waals surface area contributed by atoms with Crippen LogP contribution in [0.15, 0.2) is 60.8 Å². The number of rotatable bonds is 4. The summed E-state index contributed by atoms with van der Waals surface area (Å²) in [7, 11) is 0. The molecule has 2 aromatic rings. The Kier molecular flexibility index (Phi) is 4.75. The number of nitrogens with zero attached hydrogens (tertiary/aromatic N) is 1. The Balaban J connectivity index is 1.72. The van der Waals surface area contributed by atoms with Crippen LogP contribution in [0.1, 0.15) is 36.1 Å². The van der Waals surface area contributed by atoms with Gasteiger partial charge in [0.2, 0.25) is 5.91 Å². The molecule has 0 saturated carbocycles. The van der Waals surface area contributed by atoms with E-state index in [0.29, 0.717) is 0 Å². The maximum Gasteiger partial charge on any atom is 0.308 e. The zero-order chi connectivity index (χ0) is 16.9. The van der Waals surface area contributed by atoms with Crippen LogP contribution >= 0.6 is 0 Å². The summed E-state index contributed by atoms with van der Waals surface area (Å²) >= 11 is 0. The first-order valence-electron chi connectivity index (χ1n) is 7.91. The molecule has 0 aromatic heterocycles. The quantitative estimate of drug-likeness (QED) is 0.807. The number of amides is 1. The zero-order valence-corrected chi connectivity index (χ0v) is 13.5. The number of esters is 1. The number of benzene rings is 2. The molecule has 1 amide bonds. The predicted molar refractivity (Wildman–Crippen MR) is 91.6 cm³/mol. The van der Waals surface area contributed by atoms with Crippen molar-refractivity contribution in [2.24, 2.45) is 0 Å². The highest BCUT2D eigenvalue weighted by molar-refractivity contribution is 5.80. The molecule has 1 aliphatic rings. The van der Waals surface area contributed by atoms with E-state index in [4.69, 9.17) is 4.74 Å². The van der Waals surface area contributed by atoms with Crippen molar-refractivity contribution in [3.8, 4) is 0 Å². The molecule has 4 nitrogen and oxygen atoms in total. The largest absolute Gasteiger partial charge is 0.461 e. The predicted octanol–water partition coefficient (Wildman–Crippen LogP) is 3.69. The van der Waals surface area contributed by atoms with Crippen LogP contribution < -0.4 is 0 Å². The monoisotopic (exact) mass is 321 g/mol. The molecule has 1 heterocycles. The Morgan fingerprint density at radius 2 is 1.75 bits per heavy atom.